The molecule has 2 atom stereocenters. The Bertz CT molecular complexity index is 2760. The van der Waals surface area contributed by atoms with E-state index in [0.717, 1.165) is 78.7 Å². The molecule has 7 N–H and O–H groups in total. The highest BCUT2D eigenvalue weighted by Crippen LogP contribution is 2.32. The molecule has 0 aliphatic carbocycles. The molecule has 11 nitrogen and oxygen atoms in total. The van der Waals surface area contributed by atoms with Gasteiger partial charge in [0.15, 0.2) is 0 Å². The standard InChI is InChI=1S/C26H28BrClN2O.C26H26BrClN2.C2H4O2.H4N4/c1-17(2)14-19-8-10-20(11-9-19)18(3)26(31)30-25-15-22(27)12-13-24(25)29-16-21-6-4-5-7-23(21)28;1-17(2)14-19-8-10-20(11-9-19)18(3)26-29-24-15-22(27)12-13-25(24)30(26)16-21-6-4-5-7-23(21)28;1-2(3)4;1-3-4-2/h4-13,15,17-18,29H,14,16H2,1-3H3,(H,30,31);4-13,15,17-18H,14,16H2,1-3H3;1H3,(H,3,4);(H2,1,4)(H2,2,3). The number of carboxylic acids is 1. The van der Waals surface area contributed by atoms with Crippen molar-refractivity contribution in [3.63, 3.8) is 0 Å². The second-order valence-corrected chi connectivity index (χ2v) is 19.9. The van der Waals surface area contributed by atoms with Crippen LogP contribution in [0.5, 0.6) is 0 Å². The topological polar surface area (TPSA) is 173 Å². The molecule has 2 unspecified atom stereocenters. The summed E-state index contributed by atoms with van der Waals surface area (Å²) in [7, 11) is 0. The van der Waals surface area contributed by atoms with Crippen molar-refractivity contribution < 1.29 is 14.7 Å². The van der Waals surface area contributed by atoms with E-state index in [9.17, 15) is 4.79 Å². The minimum atomic E-state index is -0.833. The van der Waals surface area contributed by atoms with Gasteiger partial charge < -0.3 is 32.0 Å². The number of halogens is 4. The van der Waals surface area contributed by atoms with Crippen LogP contribution >= 0.6 is 55.1 Å². The van der Waals surface area contributed by atoms with Crippen molar-refractivity contribution in [3.8, 4) is 0 Å². The van der Waals surface area contributed by atoms with Crippen LogP contribution in [0.4, 0.5) is 11.4 Å². The second-order valence-electron chi connectivity index (χ2n) is 17.3. The number of nitrogens with two attached hydrogens (primary N) is 2. The van der Waals surface area contributed by atoms with Gasteiger partial charge >= 0.3 is 0 Å². The molecule has 7 aromatic rings. The van der Waals surface area contributed by atoms with Crippen molar-refractivity contribution >= 4 is 89.3 Å². The van der Waals surface area contributed by atoms with E-state index in [-0.39, 0.29) is 17.7 Å². The lowest BCUT2D eigenvalue weighted by Gasteiger charge is -2.17. The number of aliphatic carboxylic acids is 1. The second kappa shape index (κ2) is 28.1. The number of nitrogens with one attached hydrogen (secondary N) is 2. The molecule has 0 aliphatic rings. The highest BCUT2D eigenvalue weighted by molar-refractivity contribution is 9.10. The Morgan fingerprint density at radius 3 is 1.70 bits per heavy atom. The van der Waals surface area contributed by atoms with Crippen molar-refractivity contribution in [1.82, 2.24) is 9.55 Å². The molecule has 1 amide bonds. The molecule has 364 valence electrons. The lowest BCUT2D eigenvalue weighted by atomic mass is 9.96. The summed E-state index contributed by atoms with van der Waals surface area (Å²) in [6.07, 6.45) is 2.15. The third-order valence-electron chi connectivity index (χ3n) is 10.8. The lowest BCUT2D eigenvalue weighted by molar-refractivity contribution is -0.134. The largest absolute Gasteiger partial charge is 0.481 e. The van der Waals surface area contributed by atoms with Crippen LogP contribution in [0, 0.1) is 11.8 Å². The van der Waals surface area contributed by atoms with Gasteiger partial charge in [-0.1, -0.05) is 185 Å². The number of aromatic nitrogens is 2. The van der Waals surface area contributed by atoms with Gasteiger partial charge in [-0.2, -0.15) is 0 Å². The average Bonchev–Trinajstić information content (AvgIpc) is 3.66. The van der Waals surface area contributed by atoms with Crippen LogP contribution in [0.25, 0.3) is 11.0 Å². The van der Waals surface area contributed by atoms with Crippen LogP contribution in [0.1, 0.15) is 99.5 Å². The maximum atomic E-state index is 13.0. The number of carbonyl (C=O) groups is 2. The van der Waals surface area contributed by atoms with Crippen molar-refractivity contribution in [3.05, 3.63) is 192 Å². The highest BCUT2D eigenvalue weighted by Gasteiger charge is 2.20. The van der Waals surface area contributed by atoms with Gasteiger partial charge in [0.2, 0.25) is 5.91 Å². The smallest absolute Gasteiger partial charge is 0.300 e. The van der Waals surface area contributed by atoms with Gasteiger partial charge in [0.1, 0.15) is 5.82 Å². The molecule has 7 rings (SSSR count). The Balaban J connectivity index is 0.000000260. The van der Waals surface area contributed by atoms with Gasteiger partial charge in [-0.25, -0.2) is 4.98 Å². The molecule has 0 bridgehead atoms. The Morgan fingerprint density at radius 2 is 1.17 bits per heavy atom. The molecule has 0 saturated carbocycles. The van der Waals surface area contributed by atoms with Crippen molar-refractivity contribution in [2.75, 3.05) is 10.6 Å². The van der Waals surface area contributed by atoms with E-state index in [1.807, 2.05) is 67.6 Å². The molecule has 0 fully saturated rings. The van der Waals surface area contributed by atoms with Crippen LogP contribution in [0.3, 0.4) is 0 Å². The SMILES string of the molecule is CC(=O)O.CC(C)Cc1ccc(C(C)C(=O)Nc2cc(Br)ccc2NCc2ccccc2Cl)cc1.CC(C)Cc1ccc(C(C)c2nc3cc(Br)ccc3n2Cc2ccccc2Cl)cc1.N/N=N/N. The van der Waals surface area contributed by atoms with Crippen molar-refractivity contribution in [2.24, 2.45) is 34.0 Å². The molecule has 15 heteroatoms. The fraction of sp³-hybridized carbons (Fsp3) is 0.278. The number of fused-ring (bicyclic) bond motifs is 1. The highest BCUT2D eigenvalue weighted by atomic mass is 79.9. The molecule has 0 saturated heterocycles. The first kappa shape index (κ1) is 55.9. The molecule has 1 aromatic heterocycles. The summed E-state index contributed by atoms with van der Waals surface area (Å²) < 4.78 is 4.24. The predicted octanol–water partition coefficient (Wildman–Crippen LogP) is 14.8. The van der Waals surface area contributed by atoms with E-state index < -0.39 is 5.97 Å². The quantitative estimate of drug-likeness (QED) is 0.0409. The van der Waals surface area contributed by atoms with Crippen molar-refractivity contribution in [1.29, 1.82) is 0 Å². The predicted molar refractivity (Wildman–Crippen MR) is 292 cm³/mol. The van der Waals surface area contributed by atoms with E-state index in [2.05, 4.69) is 177 Å². The Hall–Kier alpha value is -5.73. The zero-order chi connectivity index (χ0) is 50.6. The first-order valence-electron chi connectivity index (χ1n) is 22.5. The minimum absolute atomic E-state index is 0.0458. The number of rotatable bonds is 14. The van der Waals surface area contributed by atoms with Crippen LogP contribution < -0.4 is 22.3 Å². The molecular weight excluding hydrogens is 1040 g/mol. The van der Waals surface area contributed by atoms with Gasteiger partial charge in [-0.05, 0) is 114 Å². The van der Waals surface area contributed by atoms with Crippen LogP contribution in [0.15, 0.2) is 153 Å². The van der Waals surface area contributed by atoms with E-state index in [1.165, 1.54) is 16.7 Å². The van der Waals surface area contributed by atoms with Crippen LogP contribution in [-0.2, 0) is 35.5 Å². The lowest BCUT2D eigenvalue weighted by Crippen LogP contribution is -2.20. The number of hydrogen-bond donors (Lipinski definition) is 5. The number of nitrogens with zero attached hydrogens (tertiary/aromatic N) is 4. The van der Waals surface area contributed by atoms with E-state index in [0.29, 0.717) is 29.9 Å². The molecule has 0 aliphatic heterocycles. The fourth-order valence-electron chi connectivity index (χ4n) is 7.39. The van der Waals surface area contributed by atoms with Gasteiger partial charge in [0.05, 0.1) is 34.9 Å². The maximum absolute atomic E-state index is 13.0. The number of carboxylic acid groups (broad SMARTS) is 1. The first-order valence-corrected chi connectivity index (χ1v) is 24.9. The summed E-state index contributed by atoms with van der Waals surface area (Å²) >= 11 is 19.8. The Labute approximate surface area is 433 Å². The molecule has 6 aromatic carbocycles. The molecule has 1 heterocycles. The molecular formula is C54H62Br2Cl2N8O3. The zero-order valence-corrected chi connectivity index (χ0v) is 44.7. The number of hydrogen-bond acceptors (Lipinski definition) is 6. The molecule has 69 heavy (non-hydrogen) atoms. The summed E-state index contributed by atoms with van der Waals surface area (Å²) in [4.78, 5) is 27.0. The maximum Gasteiger partial charge on any atom is 0.300 e. The summed E-state index contributed by atoms with van der Waals surface area (Å²) in [5.74, 6) is 10.1. The van der Waals surface area contributed by atoms with Crippen LogP contribution in [-0.4, -0.2) is 26.5 Å². The number of amides is 1. The van der Waals surface area contributed by atoms with Crippen LogP contribution in [0.2, 0.25) is 10.0 Å². The van der Waals surface area contributed by atoms with Crippen molar-refractivity contribution in [2.45, 2.75) is 86.2 Å². The fourth-order valence-corrected chi connectivity index (χ4v) is 8.50. The van der Waals surface area contributed by atoms with Gasteiger partial charge in [-0.3, -0.25) is 9.59 Å². The third-order valence-corrected chi connectivity index (χ3v) is 12.5. The number of imidazole rings is 1. The summed E-state index contributed by atoms with van der Waals surface area (Å²) in [6.45, 7) is 15.4. The third kappa shape index (κ3) is 17.9. The number of anilines is 2. The molecule has 0 radical (unpaired) electrons. The number of benzene rings is 6. The van der Waals surface area contributed by atoms with Gasteiger partial charge in [-0.15, -0.1) is 0 Å². The Morgan fingerprint density at radius 1 is 0.681 bits per heavy atom. The summed E-state index contributed by atoms with van der Waals surface area (Å²) in [5, 5.41) is 20.7. The van der Waals surface area contributed by atoms with E-state index in [1.54, 1.807) is 0 Å². The number of carbonyl (C=O) groups excluding carboxylic acids is 1. The summed E-state index contributed by atoms with van der Waals surface area (Å²) in [6, 6.07) is 45.2. The minimum Gasteiger partial charge on any atom is -0.481 e. The molecule has 0 spiro atoms. The van der Waals surface area contributed by atoms with E-state index >= 15 is 0 Å². The van der Waals surface area contributed by atoms with E-state index in [4.69, 9.17) is 38.1 Å². The average molecular weight is 1100 g/mol. The normalized spacial score (nSPS) is 11.7. The van der Waals surface area contributed by atoms with Gasteiger partial charge in [0.25, 0.3) is 5.97 Å². The first-order chi connectivity index (χ1) is 32.9. The summed E-state index contributed by atoms with van der Waals surface area (Å²) in [5.41, 5.74) is 10.7. The Kier molecular flexibility index (Phi) is 22.7. The monoisotopic (exact) mass is 1100 g/mol. The van der Waals surface area contributed by atoms with Gasteiger partial charge in [0, 0.05) is 38.4 Å². The zero-order valence-electron chi connectivity index (χ0n) is 40.1.